The summed E-state index contributed by atoms with van der Waals surface area (Å²) in [6.07, 6.45) is 4.80. The maximum Gasteiger partial charge on any atom is 0.264 e. The highest BCUT2D eigenvalue weighted by Crippen LogP contribution is 2.35. The van der Waals surface area contributed by atoms with Crippen LogP contribution in [0.3, 0.4) is 0 Å². The number of nitrogens with zero attached hydrogens (tertiary/aromatic N) is 2. The van der Waals surface area contributed by atoms with Gasteiger partial charge in [-0.05, 0) is 57.0 Å². The van der Waals surface area contributed by atoms with Crippen LogP contribution in [0, 0.1) is 12.7 Å². The van der Waals surface area contributed by atoms with E-state index in [1.54, 1.807) is 25.1 Å². The first-order chi connectivity index (χ1) is 20.0. The second-order valence-electron chi connectivity index (χ2n) is 10.5. The Kier molecular flexibility index (Phi) is 10.5. The Labute approximate surface area is 256 Å². The zero-order valence-corrected chi connectivity index (χ0v) is 25.9. The number of halogens is 3. The molecule has 1 aliphatic rings. The van der Waals surface area contributed by atoms with Gasteiger partial charge in [0.05, 0.1) is 20.6 Å². The van der Waals surface area contributed by atoms with E-state index in [1.807, 2.05) is 6.92 Å². The third kappa shape index (κ3) is 7.43. The van der Waals surface area contributed by atoms with Gasteiger partial charge in [-0.3, -0.25) is 13.9 Å². The Bertz CT molecular complexity index is 1530. The highest BCUT2D eigenvalue weighted by Gasteiger charge is 2.34. The molecule has 3 aromatic carbocycles. The molecular weight excluding hydrogens is 600 g/mol. The minimum Gasteiger partial charge on any atom is -0.352 e. The Balaban J connectivity index is 1.72. The molecule has 0 spiro atoms. The van der Waals surface area contributed by atoms with Gasteiger partial charge < -0.3 is 10.2 Å². The second kappa shape index (κ2) is 13.9. The molecule has 0 unspecified atom stereocenters. The van der Waals surface area contributed by atoms with Crippen LogP contribution < -0.4 is 9.62 Å². The summed E-state index contributed by atoms with van der Waals surface area (Å²) in [6, 6.07) is 15.6. The number of amides is 2. The third-order valence-electron chi connectivity index (χ3n) is 7.51. The van der Waals surface area contributed by atoms with Crippen molar-refractivity contribution in [1.82, 2.24) is 10.2 Å². The number of carbonyl (C=O) groups is 2. The first-order valence-corrected chi connectivity index (χ1v) is 16.1. The number of rotatable bonds is 10. The van der Waals surface area contributed by atoms with Crippen molar-refractivity contribution in [3.8, 4) is 0 Å². The largest absolute Gasteiger partial charge is 0.352 e. The quantitative estimate of drug-likeness (QED) is 0.276. The molecule has 0 aliphatic heterocycles. The van der Waals surface area contributed by atoms with Gasteiger partial charge in [-0.2, -0.15) is 0 Å². The molecule has 0 radical (unpaired) electrons. The van der Waals surface area contributed by atoms with E-state index in [0.29, 0.717) is 0 Å². The van der Waals surface area contributed by atoms with Gasteiger partial charge in [-0.15, -0.1) is 0 Å². The Morgan fingerprint density at radius 1 is 0.976 bits per heavy atom. The van der Waals surface area contributed by atoms with Crippen LogP contribution in [0.15, 0.2) is 71.6 Å². The smallest absolute Gasteiger partial charge is 0.264 e. The van der Waals surface area contributed by atoms with Crippen LogP contribution >= 0.6 is 23.2 Å². The standard InChI is InChI=1S/C31H34Cl2FN3O4S/c1-21-15-17-25(18-16-21)42(40,41)37(28-14-8-12-26(32)30(28)33)20-29(38)36(19-23-9-6-7-13-27(23)34)22(2)31(39)35-24-10-4-3-5-11-24/h6-9,12-18,22,24H,3-5,10-11,19-20H2,1-2H3,(H,35,39)/t22-/m0/s1. The van der Waals surface area contributed by atoms with Crippen molar-refractivity contribution < 1.29 is 22.4 Å². The van der Waals surface area contributed by atoms with E-state index in [-0.39, 0.29) is 44.7 Å². The maximum atomic E-state index is 14.7. The number of nitrogens with one attached hydrogen (secondary N) is 1. The van der Waals surface area contributed by atoms with Crippen molar-refractivity contribution in [2.24, 2.45) is 0 Å². The molecule has 1 N–H and O–H groups in total. The SMILES string of the molecule is Cc1ccc(S(=O)(=O)N(CC(=O)N(Cc2ccccc2F)[C@@H](C)C(=O)NC2CCCCC2)c2cccc(Cl)c2Cl)cc1. The van der Waals surface area contributed by atoms with Gasteiger partial charge in [0.25, 0.3) is 10.0 Å². The number of hydrogen-bond acceptors (Lipinski definition) is 4. The fourth-order valence-corrected chi connectivity index (χ4v) is 6.87. The summed E-state index contributed by atoms with van der Waals surface area (Å²) < 4.78 is 43.5. The molecule has 1 atom stereocenters. The fraction of sp³-hybridized carbons (Fsp3) is 0.355. The van der Waals surface area contributed by atoms with E-state index in [9.17, 15) is 22.4 Å². The Morgan fingerprint density at radius 3 is 2.31 bits per heavy atom. The molecule has 0 heterocycles. The van der Waals surface area contributed by atoms with Gasteiger partial charge in [-0.1, -0.05) is 84.4 Å². The van der Waals surface area contributed by atoms with Crippen LogP contribution in [-0.4, -0.2) is 43.8 Å². The monoisotopic (exact) mass is 633 g/mol. The summed E-state index contributed by atoms with van der Waals surface area (Å²) in [4.78, 5) is 28.6. The average Bonchev–Trinajstić information content (AvgIpc) is 2.97. The number of aryl methyl sites for hydroxylation is 1. The molecule has 1 saturated carbocycles. The van der Waals surface area contributed by atoms with Gasteiger partial charge in [-0.25, -0.2) is 12.8 Å². The lowest BCUT2D eigenvalue weighted by molar-refractivity contribution is -0.139. The number of sulfonamides is 1. The molecule has 1 fully saturated rings. The summed E-state index contributed by atoms with van der Waals surface area (Å²) in [5, 5.41) is 3.08. The van der Waals surface area contributed by atoms with Crippen molar-refractivity contribution >= 4 is 50.7 Å². The van der Waals surface area contributed by atoms with E-state index in [2.05, 4.69) is 5.32 Å². The molecule has 42 heavy (non-hydrogen) atoms. The third-order valence-corrected chi connectivity index (χ3v) is 10.1. The molecule has 3 aromatic rings. The number of hydrogen-bond donors (Lipinski definition) is 1. The Hall–Kier alpha value is -3.14. The normalized spacial score (nSPS) is 14.7. The molecule has 7 nitrogen and oxygen atoms in total. The van der Waals surface area contributed by atoms with E-state index < -0.39 is 34.3 Å². The molecule has 4 rings (SSSR count). The van der Waals surface area contributed by atoms with Crippen LogP contribution in [0.2, 0.25) is 10.0 Å². The van der Waals surface area contributed by atoms with Gasteiger partial charge in [0.2, 0.25) is 11.8 Å². The van der Waals surface area contributed by atoms with Crippen LogP contribution in [-0.2, 0) is 26.2 Å². The zero-order valence-electron chi connectivity index (χ0n) is 23.5. The minimum absolute atomic E-state index is 0.00300. The first-order valence-electron chi connectivity index (χ1n) is 13.9. The van der Waals surface area contributed by atoms with Crippen LogP contribution in [0.25, 0.3) is 0 Å². The van der Waals surface area contributed by atoms with E-state index in [0.717, 1.165) is 42.0 Å². The summed E-state index contributed by atoms with van der Waals surface area (Å²) in [5.41, 5.74) is 1.05. The molecule has 0 bridgehead atoms. The Morgan fingerprint density at radius 2 is 1.64 bits per heavy atom. The van der Waals surface area contributed by atoms with Gasteiger partial charge in [0, 0.05) is 18.2 Å². The van der Waals surface area contributed by atoms with Crippen molar-refractivity contribution in [2.75, 3.05) is 10.8 Å². The lowest BCUT2D eigenvalue weighted by Crippen LogP contribution is -2.53. The molecule has 224 valence electrons. The fourth-order valence-electron chi connectivity index (χ4n) is 5.00. The second-order valence-corrected chi connectivity index (χ2v) is 13.2. The zero-order chi connectivity index (χ0) is 30.4. The summed E-state index contributed by atoms with van der Waals surface area (Å²) in [7, 11) is -4.32. The van der Waals surface area contributed by atoms with E-state index in [1.165, 1.54) is 53.4 Å². The lowest BCUT2D eigenvalue weighted by Gasteiger charge is -2.33. The minimum atomic E-state index is -4.32. The summed E-state index contributed by atoms with van der Waals surface area (Å²) >= 11 is 12.7. The summed E-state index contributed by atoms with van der Waals surface area (Å²) in [6.45, 7) is 2.44. The maximum absolute atomic E-state index is 14.7. The van der Waals surface area contributed by atoms with Crippen LogP contribution in [0.5, 0.6) is 0 Å². The van der Waals surface area contributed by atoms with Crippen molar-refractivity contribution in [1.29, 1.82) is 0 Å². The van der Waals surface area contributed by atoms with Crippen LogP contribution in [0.1, 0.15) is 50.2 Å². The topological polar surface area (TPSA) is 86.8 Å². The number of benzene rings is 3. The van der Waals surface area contributed by atoms with Gasteiger partial charge in [0.1, 0.15) is 18.4 Å². The van der Waals surface area contributed by atoms with E-state index >= 15 is 0 Å². The molecule has 0 aromatic heterocycles. The van der Waals surface area contributed by atoms with Crippen molar-refractivity contribution in [3.05, 3.63) is 93.7 Å². The predicted molar refractivity (Wildman–Crippen MR) is 164 cm³/mol. The average molecular weight is 635 g/mol. The highest BCUT2D eigenvalue weighted by molar-refractivity contribution is 7.92. The predicted octanol–water partition coefficient (Wildman–Crippen LogP) is 6.50. The van der Waals surface area contributed by atoms with Crippen LogP contribution in [0.4, 0.5) is 10.1 Å². The van der Waals surface area contributed by atoms with Gasteiger partial charge >= 0.3 is 0 Å². The van der Waals surface area contributed by atoms with Crippen molar-refractivity contribution in [2.45, 2.75) is 69.5 Å². The molecule has 0 saturated heterocycles. The highest BCUT2D eigenvalue weighted by atomic mass is 35.5. The molecule has 1 aliphatic carbocycles. The first kappa shape index (κ1) is 31.8. The lowest BCUT2D eigenvalue weighted by atomic mass is 9.95. The molecular formula is C31H34Cl2FN3O4S. The number of carbonyl (C=O) groups excluding carboxylic acids is 2. The number of anilines is 1. The molecule has 2 amide bonds. The summed E-state index contributed by atoms with van der Waals surface area (Å²) in [5.74, 6) is -1.64. The van der Waals surface area contributed by atoms with Crippen molar-refractivity contribution in [3.63, 3.8) is 0 Å². The van der Waals surface area contributed by atoms with E-state index in [4.69, 9.17) is 23.2 Å². The molecule has 11 heteroatoms. The van der Waals surface area contributed by atoms with Gasteiger partial charge in [0.15, 0.2) is 0 Å².